The second-order valence-corrected chi connectivity index (χ2v) is 8.02. The van der Waals surface area contributed by atoms with Crippen LogP contribution in [0.4, 0.5) is 0 Å². The van der Waals surface area contributed by atoms with Gasteiger partial charge in [0.1, 0.15) is 5.60 Å². The summed E-state index contributed by atoms with van der Waals surface area (Å²) in [6, 6.07) is 33.7. The van der Waals surface area contributed by atoms with Crippen LogP contribution in [0.1, 0.15) is 29.2 Å². The van der Waals surface area contributed by atoms with Crippen LogP contribution in [0.15, 0.2) is 97.1 Å². The van der Waals surface area contributed by atoms with Crippen LogP contribution in [0, 0.1) is 0 Å². The SMILES string of the molecule is CC12c3ccccc3-c3ccccc3C1(O)c1ccccc1-c1ccccc12. The largest absolute Gasteiger partial charge is 0.379 e. The maximum absolute atomic E-state index is 12.6. The topological polar surface area (TPSA) is 20.2 Å². The first-order chi connectivity index (χ1) is 13.7. The van der Waals surface area contributed by atoms with Crippen molar-refractivity contribution in [1.82, 2.24) is 0 Å². The number of fused-ring (bicyclic) bond motifs is 11. The number of benzene rings is 4. The van der Waals surface area contributed by atoms with Crippen LogP contribution in [-0.4, -0.2) is 5.11 Å². The lowest BCUT2D eigenvalue weighted by atomic mass is 9.51. The predicted octanol–water partition coefficient (Wildman–Crippen LogP) is 5.89. The molecule has 2 aliphatic rings. The zero-order valence-electron chi connectivity index (χ0n) is 15.7. The Morgan fingerprint density at radius 1 is 0.464 bits per heavy atom. The molecule has 0 spiro atoms. The van der Waals surface area contributed by atoms with Crippen LogP contribution in [0.2, 0.25) is 0 Å². The summed E-state index contributed by atoms with van der Waals surface area (Å²) >= 11 is 0. The number of hydrogen-bond donors (Lipinski definition) is 1. The zero-order valence-corrected chi connectivity index (χ0v) is 15.7. The van der Waals surface area contributed by atoms with Gasteiger partial charge in [0.05, 0.1) is 5.41 Å². The van der Waals surface area contributed by atoms with E-state index < -0.39 is 11.0 Å². The summed E-state index contributed by atoms with van der Waals surface area (Å²) in [4.78, 5) is 0. The highest BCUT2D eigenvalue weighted by Crippen LogP contribution is 2.63. The van der Waals surface area contributed by atoms with E-state index in [2.05, 4.69) is 91.9 Å². The molecule has 0 fully saturated rings. The van der Waals surface area contributed by atoms with Crippen molar-refractivity contribution in [2.24, 2.45) is 0 Å². The summed E-state index contributed by atoms with van der Waals surface area (Å²) < 4.78 is 0. The van der Waals surface area contributed by atoms with Gasteiger partial charge in [-0.15, -0.1) is 0 Å². The van der Waals surface area contributed by atoms with E-state index in [1.54, 1.807) is 0 Å². The molecule has 0 bridgehead atoms. The van der Waals surface area contributed by atoms with Crippen molar-refractivity contribution in [1.29, 1.82) is 0 Å². The van der Waals surface area contributed by atoms with Crippen LogP contribution < -0.4 is 0 Å². The summed E-state index contributed by atoms with van der Waals surface area (Å²) in [5, 5.41) is 12.6. The van der Waals surface area contributed by atoms with E-state index in [9.17, 15) is 5.11 Å². The summed E-state index contributed by atoms with van der Waals surface area (Å²) in [6.45, 7) is 2.20. The molecule has 0 aliphatic heterocycles. The third-order valence-electron chi connectivity index (χ3n) is 6.87. The maximum Gasteiger partial charge on any atom is 0.129 e. The molecule has 4 aromatic rings. The van der Waals surface area contributed by atoms with Gasteiger partial charge in [-0.3, -0.25) is 0 Å². The first-order valence-corrected chi connectivity index (χ1v) is 9.78. The molecule has 0 aromatic heterocycles. The molecule has 0 radical (unpaired) electrons. The van der Waals surface area contributed by atoms with Gasteiger partial charge in [-0.2, -0.15) is 0 Å². The van der Waals surface area contributed by atoms with Crippen molar-refractivity contribution in [3.63, 3.8) is 0 Å². The third-order valence-corrected chi connectivity index (χ3v) is 6.87. The lowest BCUT2D eigenvalue weighted by molar-refractivity contribution is 0.0156. The van der Waals surface area contributed by atoms with E-state index in [0.29, 0.717) is 0 Å². The molecule has 0 atom stereocenters. The van der Waals surface area contributed by atoms with Crippen molar-refractivity contribution in [2.45, 2.75) is 17.9 Å². The van der Waals surface area contributed by atoms with E-state index in [1.165, 1.54) is 22.3 Å². The molecule has 4 aromatic carbocycles. The van der Waals surface area contributed by atoms with E-state index in [1.807, 2.05) is 12.1 Å². The smallest absolute Gasteiger partial charge is 0.129 e. The molecule has 0 saturated carbocycles. The number of rotatable bonds is 0. The predicted molar refractivity (Wildman–Crippen MR) is 113 cm³/mol. The first-order valence-electron chi connectivity index (χ1n) is 9.78. The molecular formula is C27H20O. The summed E-state index contributed by atoms with van der Waals surface area (Å²) in [7, 11) is 0. The Balaban J connectivity index is 1.87. The van der Waals surface area contributed by atoms with Crippen LogP contribution in [0.3, 0.4) is 0 Å². The zero-order chi connectivity index (χ0) is 18.9. The van der Waals surface area contributed by atoms with E-state index in [-0.39, 0.29) is 0 Å². The van der Waals surface area contributed by atoms with Crippen LogP contribution in [-0.2, 0) is 11.0 Å². The van der Waals surface area contributed by atoms with Gasteiger partial charge in [0.15, 0.2) is 0 Å². The molecule has 2 aliphatic carbocycles. The molecule has 1 heteroatoms. The molecule has 0 saturated heterocycles. The van der Waals surface area contributed by atoms with Crippen LogP contribution in [0.5, 0.6) is 0 Å². The highest BCUT2D eigenvalue weighted by Gasteiger charge is 2.59. The Bertz CT molecular complexity index is 1060. The highest BCUT2D eigenvalue weighted by molar-refractivity contribution is 5.87. The molecular weight excluding hydrogens is 340 g/mol. The Hall–Kier alpha value is -3.16. The second kappa shape index (κ2) is 5.21. The second-order valence-electron chi connectivity index (χ2n) is 8.02. The minimum atomic E-state index is -1.14. The van der Waals surface area contributed by atoms with Crippen LogP contribution >= 0.6 is 0 Å². The van der Waals surface area contributed by atoms with E-state index >= 15 is 0 Å². The normalized spacial score (nSPS) is 23.6. The lowest BCUT2D eigenvalue weighted by Gasteiger charge is -2.54. The summed E-state index contributed by atoms with van der Waals surface area (Å²) in [5.41, 5.74) is 7.26. The average molecular weight is 360 g/mol. The molecule has 28 heavy (non-hydrogen) atoms. The van der Waals surface area contributed by atoms with Gasteiger partial charge >= 0.3 is 0 Å². The monoisotopic (exact) mass is 360 g/mol. The van der Waals surface area contributed by atoms with Crippen molar-refractivity contribution < 1.29 is 5.11 Å². The fourth-order valence-corrected chi connectivity index (χ4v) is 5.59. The van der Waals surface area contributed by atoms with Crippen molar-refractivity contribution >= 4 is 0 Å². The van der Waals surface area contributed by atoms with E-state index in [4.69, 9.17) is 0 Å². The fraction of sp³-hybridized carbons (Fsp3) is 0.111. The molecule has 0 heterocycles. The highest BCUT2D eigenvalue weighted by atomic mass is 16.3. The average Bonchev–Trinajstić information content (AvgIpc) is 2.77. The van der Waals surface area contributed by atoms with Gasteiger partial charge in [-0.05, 0) is 51.4 Å². The number of hydrogen-bond acceptors (Lipinski definition) is 1. The molecule has 1 nitrogen and oxygen atoms in total. The first kappa shape index (κ1) is 15.9. The summed E-state index contributed by atoms with van der Waals surface area (Å²) in [6.07, 6.45) is 0. The quantitative estimate of drug-likeness (QED) is 0.414. The Morgan fingerprint density at radius 3 is 1.14 bits per heavy atom. The molecule has 134 valence electrons. The van der Waals surface area contributed by atoms with E-state index in [0.717, 1.165) is 22.3 Å². The van der Waals surface area contributed by atoms with Gasteiger partial charge in [0, 0.05) is 0 Å². The minimum absolute atomic E-state index is 0.580. The Morgan fingerprint density at radius 2 is 0.750 bits per heavy atom. The number of aliphatic hydroxyl groups is 1. The fourth-order valence-electron chi connectivity index (χ4n) is 5.59. The summed E-state index contributed by atoms with van der Waals surface area (Å²) in [5.74, 6) is 0. The van der Waals surface area contributed by atoms with Gasteiger partial charge in [-0.25, -0.2) is 0 Å². The standard InChI is InChI=1S/C27H20O/c1-26-22-14-6-2-10-18(22)20-12-4-8-16-24(20)27(26,28)25-17-9-5-13-21(25)19-11-3-7-15-23(19)26/h2-17,28H,1H3. The molecule has 6 rings (SSSR count). The molecule has 0 amide bonds. The Kier molecular flexibility index (Phi) is 2.95. The van der Waals surface area contributed by atoms with Gasteiger partial charge in [-0.1, -0.05) is 97.1 Å². The van der Waals surface area contributed by atoms with Crippen molar-refractivity contribution in [3.8, 4) is 22.3 Å². The third kappa shape index (κ3) is 1.63. The molecule has 0 unspecified atom stereocenters. The molecule has 1 N–H and O–H groups in total. The van der Waals surface area contributed by atoms with Crippen molar-refractivity contribution in [2.75, 3.05) is 0 Å². The van der Waals surface area contributed by atoms with Gasteiger partial charge in [0.2, 0.25) is 0 Å². The van der Waals surface area contributed by atoms with Gasteiger partial charge in [0.25, 0.3) is 0 Å². The van der Waals surface area contributed by atoms with Gasteiger partial charge < -0.3 is 5.11 Å². The Labute approximate surface area is 164 Å². The van der Waals surface area contributed by atoms with Crippen molar-refractivity contribution in [3.05, 3.63) is 119 Å². The lowest BCUT2D eigenvalue weighted by Crippen LogP contribution is -2.53. The van der Waals surface area contributed by atoms with Crippen LogP contribution in [0.25, 0.3) is 22.3 Å². The maximum atomic E-state index is 12.6. The minimum Gasteiger partial charge on any atom is -0.379 e.